The summed E-state index contributed by atoms with van der Waals surface area (Å²) < 4.78 is 5.75. The normalized spacial score (nSPS) is 15.1. The van der Waals surface area contributed by atoms with Gasteiger partial charge in [0.15, 0.2) is 11.4 Å². The van der Waals surface area contributed by atoms with E-state index in [2.05, 4.69) is 24.9 Å². The summed E-state index contributed by atoms with van der Waals surface area (Å²) in [5.41, 5.74) is 1.49. The van der Waals surface area contributed by atoms with Crippen LogP contribution in [0.4, 0.5) is 0 Å². The number of nitrogens with zero attached hydrogens (tertiary/aromatic N) is 2. The molecule has 0 bridgehead atoms. The molecule has 0 unspecified atom stereocenters. The number of hydrogen-bond donors (Lipinski definition) is 0. The van der Waals surface area contributed by atoms with Crippen molar-refractivity contribution in [2.75, 3.05) is 0 Å². The van der Waals surface area contributed by atoms with E-state index in [1.54, 1.807) is 6.20 Å². The highest BCUT2D eigenvalue weighted by atomic mass is 16.5. The molecule has 3 heteroatoms. The highest BCUT2D eigenvalue weighted by Gasteiger charge is 2.26. The average Bonchev–Trinajstić information content (AvgIpc) is 3.01. The van der Waals surface area contributed by atoms with Crippen LogP contribution >= 0.6 is 0 Å². The van der Waals surface area contributed by atoms with E-state index < -0.39 is 0 Å². The van der Waals surface area contributed by atoms with Crippen LogP contribution < -0.4 is 4.74 Å². The molecule has 15 heavy (non-hydrogen) atoms. The predicted octanol–water partition coefficient (Wildman–Crippen LogP) is 2.62. The smallest absolute Gasteiger partial charge is 0.182 e. The molecule has 0 saturated heterocycles. The molecule has 0 atom stereocenters. The summed E-state index contributed by atoms with van der Waals surface area (Å²) in [6.45, 7) is 4.19. The van der Waals surface area contributed by atoms with Gasteiger partial charge in [-0.05, 0) is 24.8 Å². The second kappa shape index (κ2) is 3.90. The number of ether oxygens (including phenoxy) is 1. The first-order chi connectivity index (χ1) is 7.22. The summed E-state index contributed by atoms with van der Waals surface area (Å²) in [5.74, 6) is 1.05. The molecule has 1 saturated carbocycles. The predicted molar refractivity (Wildman–Crippen MR) is 56.7 cm³/mol. The first-order valence-electron chi connectivity index (χ1n) is 5.28. The minimum absolute atomic E-state index is 0.304. The van der Waals surface area contributed by atoms with Gasteiger partial charge in [0.1, 0.15) is 6.07 Å². The number of hydrogen-bond acceptors (Lipinski definition) is 3. The minimum atomic E-state index is 0.304. The maximum absolute atomic E-state index is 8.97. The lowest BCUT2D eigenvalue weighted by Gasteiger charge is -2.13. The molecule has 1 aliphatic carbocycles. The number of aromatic nitrogens is 1. The lowest BCUT2D eigenvalue weighted by atomic mass is 10.0. The van der Waals surface area contributed by atoms with Crippen molar-refractivity contribution < 1.29 is 4.74 Å². The quantitative estimate of drug-likeness (QED) is 0.756. The van der Waals surface area contributed by atoms with Gasteiger partial charge in [0.25, 0.3) is 0 Å². The molecule has 0 aliphatic heterocycles. The molecule has 3 nitrogen and oxygen atoms in total. The van der Waals surface area contributed by atoms with Crippen molar-refractivity contribution in [1.29, 1.82) is 5.26 Å². The zero-order valence-electron chi connectivity index (χ0n) is 9.03. The van der Waals surface area contributed by atoms with Gasteiger partial charge in [-0.2, -0.15) is 5.26 Å². The number of nitriles is 1. The largest absolute Gasteiger partial charge is 0.487 e. The monoisotopic (exact) mass is 202 g/mol. The summed E-state index contributed by atoms with van der Waals surface area (Å²) in [4.78, 5) is 4.03. The summed E-state index contributed by atoms with van der Waals surface area (Å²) in [5, 5.41) is 8.97. The van der Waals surface area contributed by atoms with Crippen LogP contribution in [0.1, 0.15) is 43.9 Å². The second-order valence-electron chi connectivity index (χ2n) is 4.16. The van der Waals surface area contributed by atoms with Gasteiger partial charge in [-0.15, -0.1) is 0 Å². The van der Waals surface area contributed by atoms with E-state index in [0.717, 1.165) is 18.4 Å². The topological polar surface area (TPSA) is 45.9 Å². The molecule has 1 heterocycles. The standard InChI is InChI=1S/C12H14N2O/c1-8(2)10-5-6-14-11(7-13)12(10)15-9-3-4-9/h5-6,8-9H,3-4H2,1-2H3. The van der Waals surface area contributed by atoms with Crippen LogP contribution in [-0.2, 0) is 0 Å². The molecule has 1 aromatic rings. The van der Waals surface area contributed by atoms with Gasteiger partial charge in [-0.25, -0.2) is 4.98 Å². The van der Waals surface area contributed by atoms with Crippen molar-refractivity contribution in [1.82, 2.24) is 4.98 Å². The summed E-state index contributed by atoms with van der Waals surface area (Å²) >= 11 is 0. The summed E-state index contributed by atoms with van der Waals surface area (Å²) in [6.07, 6.45) is 4.17. The van der Waals surface area contributed by atoms with E-state index in [1.165, 1.54) is 0 Å². The molecule has 0 aromatic carbocycles. The van der Waals surface area contributed by atoms with Crippen LogP contribution in [0.2, 0.25) is 0 Å². The number of pyridine rings is 1. The van der Waals surface area contributed by atoms with Crippen LogP contribution in [0.25, 0.3) is 0 Å². The van der Waals surface area contributed by atoms with Crippen molar-refractivity contribution in [2.45, 2.75) is 38.7 Å². The summed E-state index contributed by atoms with van der Waals surface area (Å²) in [7, 11) is 0. The lowest BCUT2D eigenvalue weighted by Crippen LogP contribution is -2.04. The highest BCUT2D eigenvalue weighted by molar-refractivity contribution is 5.45. The van der Waals surface area contributed by atoms with Crippen LogP contribution in [0.5, 0.6) is 5.75 Å². The Balaban J connectivity index is 2.39. The Morgan fingerprint density at radius 2 is 2.27 bits per heavy atom. The number of rotatable bonds is 3. The fourth-order valence-corrected chi connectivity index (χ4v) is 1.47. The van der Waals surface area contributed by atoms with Crippen molar-refractivity contribution in [2.24, 2.45) is 0 Å². The van der Waals surface area contributed by atoms with Crippen LogP contribution in [0.15, 0.2) is 12.3 Å². The Labute approximate surface area is 89.7 Å². The molecule has 0 amide bonds. The minimum Gasteiger partial charge on any atom is -0.487 e. The van der Waals surface area contributed by atoms with Gasteiger partial charge >= 0.3 is 0 Å². The first kappa shape index (κ1) is 9.97. The van der Waals surface area contributed by atoms with E-state index in [1.807, 2.05) is 6.07 Å². The van der Waals surface area contributed by atoms with Gasteiger partial charge in [0.2, 0.25) is 0 Å². The molecule has 2 rings (SSSR count). The van der Waals surface area contributed by atoms with E-state index in [9.17, 15) is 0 Å². The third kappa shape index (κ3) is 2.10. The molecule has 78 valence electrons. The first-order valence-corrected chi connectivity index (χ1v) is 5.28. The Kier molecular flexibility index (Phi) is 2.59. The van der Waals surface area contributed by atoms with Crippen molar-refractivity contribution in [3.63, 3.8) is 0 Å². The Hall–Kier alpha value is -1.56. The van der Waals surface area contributed by atoms with Crippen molar-refractivity contribution in [3.05, 3.63) is 23.5 Å². The highest BCUT2D eigenvalue weighted by Crippen LogP contribution is 2.34. The van der Waals surface area contributed by atoms with Crippen molar-refractivity contribution in [3.8, 4) is 11.8 Å². The molecular formula is C12H14N2O. The van der Waals surface area contributed by atoms with E-state index in [4.69, 9.17) is 10.00 Å². The van der Waals surface area contributed by atoms with E-state index in [0.29, 0.717) is 23.5 Å². The Morgan fingerprint density at radius 1 is 1.53 bits per heavy atom. The molecule has 1 aromatic heterocycles. The van der Waals surface area contributed by atoms with Gasteiger partial charge in [-0.3, -0.25) is 0 Å². The van der Waals surface area contributed by atoms with Crippen LogP contribution in [-0.4, -0.2) is 11.1 Å². The van der Waals surface area contributed by atoms with Crippen LogP contribution in [0.3, 0.4) is 0 Å². The molecule has 0 radical (unpaired) electrons. The maximum atomic E-state index is 8.97. The maximum Gasteiger partial charge on any atom is 0.182 e. The Bertz CT molecular complexity index is 403. The van der Waals surface area contributed by atoms with Gasteiger partial charge in [0.05, 0.1) is 6.10 Å². The molecule has 0 spiro atoms. The zero-order valence-corrected chi connectivity index (χ0v) is 9.03. The molecular weight excluding hydrogens is 188 g/mol. The SMILES string of the molecule is CC(C)c1ccnc(C#N)c1OC1CC1. The fraction of sp³-hybridized carbons (Fsp3) is 0.500. The van der Waals surface area contributed by atoms with E-state index >= 15 is 0 Å². The van der Waals surface area contributed by atoms with Gasteiger partial charge in [0, 0.05) is 11.8 Å². The van der Waals surface area contributed by atoms with E-state index in [-0.39, 0.29) is 0 Å². The Morgan fingerprint density at radius 3 is 2.80 bits per heavy atom. The molecule has 1 aliphatic rings. The fourth-order valence-electron chi connectivity index (χ4n) is 1.47. The molecule has 1 fully saturated rings. The average molecular weight is 202 g/mol. The van der Waals surface area contributed by atoms with Gasteiger partial charge < -0.3 is 4.74 Å². The zero-order chi connectivity index (χ0) is 10.8. The third-order valence-corrected chi connectivity index (χ3v) is 2.47. The summed E-state index contributed by atoms with van der Waals surface area (Å²) in [6, 6.07) is 4.02. The lowest BCUT2D eigenvalue weighted by molar-refractivity contribution is 0.296. The van der Waals surface area contributed by atoms with Crippen LogP contribution in [0, 0.1) is 11.3 Å². The second-order valence-corrected chi connectivity index (χ2v) is 4.16. The van der Waals surface area contributed by atoms with Crippen molar-refractivity contribution >= 4 is 0 Å². The van der Waals surface area contributed by atoms with Gasteiger partial charge in [-0.1, -0.05) is 13.8 Å². The molecule has 0 N–H and O–H groups in total. The third-order valence-electron chi connectivity index (χ3n) is 2.47.